The van der Waals surface area contributed by atoms with E-state index in [4.69, 9.17) is 0 Å². The number of benzene rings is 1. The SMILES string of the molecule is CN=C(NCc1nc(C(F)(F)F)cs1)NCc1ccccc1S(=O)(=O)N(C)C.I. The Kier molecular flexibility index (Phi) is 9.30. The Balaban J connectivity index is 0.00000420. The molecule has 2 aromatic rings. The highest BCUT2D eigenvalue weighted by atomic mass is 127. The van der Waals surface area contributed by atoms with Gasteiger partial charge in [-0.3, -0.25) is 4.99 Å². The van der Waals surface area contributed by atoms with Gasteiger partial charge in [0, 0.05) is 33.1 Å². The number of guanidine groups is 1. The monoisotopic (exact) mass is 563 g/mol. The Bertz CT molecular complexity index is 946. The number of aliphatic imine (C=N–C) groups is 1. The first-order valence-electron chi connectivity index (χ1n) is 8.02. The molecule has 7 nitrogen and oxygen atoms in total. The number of hydrogen-bond acceptors (Lipinski definition) is 5. The van der Waals surface area contributed by atoms with Crippen LogP contribution < -0.4 is 10.6 Å². The normalized spacial score (nSPS) is 12.6. The van der Waals surface area contributed by atoms with E-state index in [1.54, 1.807) is 18.2 Å². The molecule has 0 aliphatic heterocycles. The minimum absolute atomic E-state index is 0. The summed E-state index contributed by atoms with van der Waals surface area (Å²) in [5.41, 5.74) is -0.396. The number of thiazole rings is 1. The second-order valence-electron chi connectivity index (χ2n) is 5.80. The van der Waals surface area contributed by atoms with E-state index < -0.39 is 21.9 Å². The zero-order chi connectivity index (χ0) is 20.9. The van der Waals surface area contributed by atoms with Crippen LogP contribution in [0.15, 0.2) is 39.5 Å². The van der Waals surface area contributed by atoms with Crippen molar-refractivity contribution in [2.45, 2.75) is 24.2 Å². The fourth-order valence-corrected chi connectivity index (χ4v) is 4.04. The Morgan fingerprint density at radius 2 is 1.83 bits per heavy atom. The van der Waals surface area contributed by atoms with E-state index in [1.165, 1.54) is 27.2 Å². The lowest BCUT2D eigenvalue weighted by molar-refractivity contribution is -0.140. The number of halogens is 4. The van der Waals surface area contributed by atoms with Crippen molar-refractivity contribution >= 4 is 51.3 Å². The largest absolute Gasteiger partial charge is 0.434 e. The third kappa shape index (κ3) is 6.79. The van der Waals surface area contributed by atoms with E-state index in [0.29, 0.717) is 11.5 Å². The van der Waals surface area contributed by atoms with Crippen LogP contribution in [0.2, 0.25) is 0 Å². The molecular weight excluding hydrogens is 542 g/mol. The summed E-state index contributed by atoms with van der Waals surface area (Å²) in [5.74, 6) is 0.306. The Hall–Kier alpha value is -1.45. The Morgan fingerprint density at radius 3 is 2.38 bits per heavy atom. The lowest BCUT2D eigenvalue weighted by Gasteiger charge is -2.16. The molecule has 1 aromatic heterocycles. The summed E-state index contributed by atoms with van der Waals surface area (Å²) in [7, 11) is 0.786. The Labute approximate surface area is 188 Å². The van der Waals surface area contributed by atoms with Crippen molar-refractivity contribution in [3.05, 3.63) is 45.9 Å². The minimum atomic E-state index is -4.48. The van der Waals surface area contributed by atoms with Gasteiger partial charge in [0.1, 0.15) is 5.01 Å². The smallest absolute Gasteiger partial charge is 0.352 e. The first-order valence-corrected chi connectivity index (χ1v) is 10.3. The van der Waals surface area contributed by atoms with Gasteiger partial charge in [0.05, 0.1) is 11.4 Å². The van der Waals surface area contributed by atoms with E-state index in [2.05, 4.69) is 20.6 Å². The van der Waals surface area contributed by atoms with Crippen molar-refractivity contribution in [3.8, 4) is 0 Å². The van der Waals surface area contributed by atoms with Crippen LogP contribution in [-0.2, 0) is 29.3 Å². The molecule has 1 aromatic carbocycles. The van der Waals surface area contributed by atoms with Gasteiger partial charge >= 0.3 is 6.18 Å². The van der Waals surface area contributed by atoms with E-state index in [0.717, 1.165) is 21.0 Å². The third-order valence-electron chi connectivity index (χ3n) is 3.65. The predicted octanol–water partition coefficient (Wildman–Crippen LogP) is 2.90. The zero-order valence-electron chi connectivity index (χ0n) is 15.8. The highest BCUT2D eigenvalue weighted by Gasteiger charge is 2.33. The predicted molar refractivity (Wildman–Crippen MR) is 117 cm³/mol. The standard InChI is InChI=1S/C16H20F3N5O2S2.HI/c1-20-15(22-9-14-23-13(10-27-14)16(17,18)19)21-8-11-6-4-5-7-12(11)28(25,26)24(2)3;/h4-7,10H,8-9H2,1-3H3,(H2,20,21,22);1H. The third-order valence-corrected chi connectivity index (χ3v) is 6.41. The quantitative estimate of drug-likeness (QED) is 0.321. The van der Waals surface area contributed by atoms with E-state index in [1.807, 2.05) is 0 Å². The van der Waals surface area contributed by atoms with Crippen LogP contribution >= 0.6 is 35.3 Å². The molecule has 0 fully saturated rings. The summed E-state index contributed by atoms with van der Waals surface area (Å²) in [5, 5.41) is 7.03. The summed E-state index contributed by atoms with van der Waals surface area (Å²) >= 11 is 0.891. The van der Waals surface area contributed by atoms with Crippen molar-refractivity contribution in [2.24, 2.45) is 4.99 Å². The molecule has 2 rings (SSSR count). The molecule has 29 heavy (non-hydrogen) atoms. The van der Waals surface area contributed by atoms with Gasteiger partial charge in [-0.2, -0.15) is 13.2 Å². The molecule has 162 valence electrons. The van der Waals surface area contributed by atoms with Crippen molar-refractivity contribution < 1.29 is 21.6 Å². The lowest BCUT2D eigenvalue weighted by Crippen LogP contribution is -2.36. The van der Waals surface area contributed by atoms with Crippen LogP contribution in [0.25, 0.3) is 0 Å². The molecule has 0 amide bonds. The van der Waals surface area contributed by atoms with Gasteiger partial charge in [-0.1, -0.05) is 18.2 Å². The molecule has 0 aliphatic rings. The molecule has 0 spiro atoms. The molecule has 2 N–H and O–H groups in total. The fourth-order valence-electron chi connectivity index (χ4n) is 2.18. The number of hydrogen-bond donors (Lipinski definition) is 2. The first-order chi connectivity index (χ1) is 13.1. The maximum atomic E-state index is 12.6. The summed E-state index contributed by atoms with van der Waals surface area (Å²) < 4.78 is 63.8. The van der Waals surface area contributed by atoms with Crippen LogP contribution in [-0.4, -0.2) is 44.8 Å². The average molecular weight is 563 g/mol. The van der Waals surface area contributed by atoms with Gasteiger partial charge in [0.25, 0.3) is 0 Å². The second kappa shape index (κ2) is 10.5. The van der Waals surface area contributed by atoms with Crippen molar-refractivity contribution in [2.75, 3.05) is 21.1 Å². The van der Waals surface area contributed by atoms with Crippen molar-refractivity contribution in [1.29, 1.82) is 0 Å². The highest BCUT2D eigenvalue weighted by Crippen LogP contribution is 2.29. The van der Waals surface area contributed by atoms with Gasteiger partial charge in [0.2, 0.25) is 10.0 Å². The van der Waals surface area contributed by atoms with Crippen LogP contribution in [0.4, 0.5) is 13.2 Å². The summed E-state index contributed by atoms with van der Waals surface area (Å²) in [4.78, 5) is 7.69. The lowest BCUT2D eigenvalue weighted by atomic mass is 10.2. The van der Waals surface area contributed by atoms with Gasteiger partial charge in [-0.05, 0) is 11.6 Å². The van der Waals surface area contributed by atoms with E-state index >= 15 is 0 Å². The summed E-state index contributed by atoms with van der Waals surface area (Å²) in [6, 6.07) is 6.54. The maximum absolute atomic E-state index is 12.6. The van der Waals surface area contributed by atoms with E-state index in [-0.39, 0.29) is 47.0 Å². The topological polar surface area (TPSA) is 86.7 Å². The summed E-state index contributed by atoms with van der Waals surface area (Å²) in [6.07, 6.45) is -4.48. The molecule has 0 radical (unpaired) electrons. The molecule has 0 saturated heterocycles. The maximum Gasteiger partial charge on any atom is 0.434 e. The first kappa shape index (κ1) is 25.6. The van der Waals surface area contributed by atoms with Crippen molar-refractivity contribution in [3.63, 3.8) is 0 Å². The molecule has 13 heteroatoms. The Morgan fingerprint density at radius 1 is 1.21 bits per heavy atom. The number of rotatable bonds is 6. The number of aromatic nitrogens is 1. The van der Waals surface area contributed by atoms with Crippen LogP contribution in [0.3, 0.4) is 0 Å². The molecule has 0 bridgehead atoms. The van der Waals surface area contributed by atoms with Gasteiger partial charge in [-0.25, -0.2) is 17.7 Å². The molecular formula is C16H21F3IN5O2S2. The molecule has 0 unspecified atom stereocenters. The van der Waals surface area contributed by atoms with Crippen molar-refractivity contribution in [1.82, 2.24) is 19.9 Å². The number of sulfonamides is 1. The number of nitrogens with zero attached hydrogens (tertiary/aromatic N) is 3. The minimum Gasteiger partial charge on any atom is -0.352 e. The number of alkyl halides is 3. The number of nitrogens with one attached hydrogen (secondary N) is 2. The second-order valence-corrected chi connectivity index (χ2v) is 8.86. The molecule has 1 heterocycles. The average Bonchev–Trinajstić information content (AvgIpc) is 3.11. The van der Waals surface area contributed by atoms with Crippen LogP contribution in [0.1, 0.15) is 16.3 Å². The van der Waals surface area contributed by atoms with Crippen LogP contribution in [0.5, 0.6) is 0 Å². The molecule has 0 aliphatic carbocycles. The highest BCUT2D eigenvalue weighted by molar-refractivity contribution is 14.0. The zero-order valence-corrected chi connectivity index (χ0v) is 19.8. The van der Waals surface area contributed by atoms with Gasteiger partial charge in [-0.15, -0.1) is 35.3 Å². The van der Waals surface area contributed by atoms with Gasteiger partial charge in [0.15, 0.2) is 11.7 Å². The van der Waals surface area contributed by atoms with E-state index in [9.17, 15) is 21.6 Å². The fraction of sp³-hybridized carbons (Fsp3) is 0.375. The van der Waals surface area contributed by atoms with Gasteiger partial charge < -0.3 is 10.6 Å². The molecule has 0 saturated carbocycles. The summed E-state index contributed by atoms with van der Waals surface area (Å²) in [6.45, 7) is 0.215. The van der Waals surface area contributed by atoms with Crippen LogP contribution in [0, 0.1) is 0 Å². The molecule has 0 atom stereocenters.